The number of benzene rings is 2. The van der Waals surface area contributed by atoms with E-state index in [4.69, 9.17) is 4.18 Å². The van der Waals surface area contributed by atoms with Crippen LogP contribution in [0.25, 0.3) is 28.0 Å². The molecule has 34 heavy (non-hydrogen) atoms. The predicted octanol–water partition coefficient (Wildman–Crippen LogP) is 3.14. The molecule has 2 heterocycles. The molecule has 0 fully saturated rings. The normalized spacial score (nSPS) is 11.4. The largest absolute Gasteiger partial charge is 0.394 e. The predicted molar refractivity (Wildman–Crippen MR) is 125 cm³/mol. The summed E-state index contributed by atoms with van der Waals surface area (Å²) in [6.45, 7) is -0.847. The van der Waals surface area contributed by atoms with Crippen LogP contribution in [0.4, 0.5) is 14.7 Å². The summed E-state index contributed by atoms with van der Waals surface area (Å²) >= 11 is 1.09. The highest BCUT2D eigenvalue weighted by Crippen LogP contribution is 2.35. The molecule has 176 valence electrons. The first kappa shape index (κ1) is 23.8. The number of nitrogens with one attached hydrogen (secondary N) is 1. The zero-order chi connectivity index (χ0) is 24.2. The fraction of sp³-hybridized carbons (Fsp3) is 0.174. The second-order valence-corrected chi connectivity index (χ2v) is 8.10. The van der Waals surface area contributed by atoms with Crippen LogP contribution in [0.5, 0.6) is 0 Å². The van der Waals surface area contributed by atoms with E-state index in [9.17, 15) is 23.8 Å². The summed E-state index contributed by atoms with van der Waals surface area (Å²) in [6.07, 6.45) is 0. The number of aliphatic hydroxyl groups is 2. The Morgan fingerprint density at radius 1 is 1.03 bits per heavy atom. The number of nitrogens with zero attached hydrogens (tertiary/aromatic N) is 3. The minimum Gasteiger partial charge on any atom is -0.394 e. The summed E-state index contributed by atoms with van der Waals surface area (Å²) in [5, 5.41) is 22.1. The van der Waals surface area contributed by atoms with E-state index in [0.29, 0.717) is 21.5 Å². The van der Waals surface area contributed by atoms with Crippen LogP contribution in [0.1, 0.15) is 0 Å². The first-order valence-corrected chi connectivity index (χ1v) is 10.9. The first-order chi connectivity index (χ1) is 16.5. The molecule has 0 radical (unpaired) electrons. The molecule has 0 atom stereocenters. The quantitative estimate of drug-likeness (QED) is 0.326. The van der Waals surface area contributed by atoms with E-state index >= 15 is 0 Å². The van der Waals surface area contributed by atoms with Gasteiger partial charge in [-0.05, 0) is 24.3 Å². The Kier molecular flexibility index (Phi) is 7.17. The molecule has 2 aromatic carbocycles. The Hall–Kier alpha value is -3.38. The van der Waals surface area contributed by atoms with E-state index in [1.54, 1.807) is 18.2 Å². The summed E-state index contributed by atoms with van der Waals surface area (Å²) in [5.74, 6) is -1.93. The van der Waals surface area contributed by atoms with Crippen LogP contribution in [0.2, 0.25) is 0 Å². The van der Waals surface area contributed by atoms with E-state index in [1.165, 1.54) is 25.3 Å². The fourth-order valence-corrected chi connectivity index (χ4v) is 4.03. The topological polar surface area (TPSA) is 110 Å². The number of pyridine rings is 1. The molecule has 0 aliphatic carbocycles. The number of anilines is 1. The number of aliphatic hydroxyl groups excluding tert-OH is 2. The highest BCUT2D eigenvalue weighted by molar-refractivity contribution is 7.94. The average molecular weight is 487 g/mol. The summed E-state index contributed by atoms with van der Waals surface area (Å²) in [6, 6.07) is 12.3. The van der Waals surface area contributed by atoms with Crippen molar-refractivity contribution >= 4 is 29.0 Å². The maximum Gasteiger partial charge on any atom is 0.256 e. The maximum absolute atomic E-state index is 14.7. The molecular formula is C23H20F2N4O4S. The van der Waals surface area contributed by atoms with E-state index in [-0.39, 0.29) is 11.6 Å². The van der Waals surface area contributed by atoms with E-state index in [2.05, 4.69) is 15.3 Å². The fourth-order valence-electron chi connectivity index (χ4n) is 3.46. The zero-order valence-electron chi connectivity index (χ0n) is 17.9. The Balaban J connectivity index is 2.10. The van der Waals surface area contributed by atoms with Gasteiger partial charge in [0, 0.05) is 34.0 Å². The third-order valence-corrected chi connectivity index (χ3v) is 5.70. The number of para-hydroxylation sites is 1. The first-order valence-electron chi connectivity index (χ1n) is 10.1. The van der Waals surface area contributed by atoms with Crippen LogP contribution < -0.4 is 10.9 Å². The second kappa shape index (κ2) is 10.3. The number of rotatable bonds is 8. The van der Waals surface area contributed by atoms with Gasteiger partial charge in [0.1, 0.15) is 17.3 Å². The molecule has 0 aliphatic rings. The zero-order valence-corrected chi connectivity index (χ0v) is 18.7. The van der Waals surface area contributed by atoms with Gasteiger partial charge in [-0.2, -0.15) is 4.98 Å². The molecule has 0 amide bonds. The Morgan fingerprint density at radius 2 is 1.74 bits per heavy atom. The summed E-state index contributed by atoms with van der Waals surface area (Å²) in [5.41, 5.74) is -0.362. The van der Waals surface area contributed by atoms with Gasteiger partial charge in [0.15, 0.2) is 5.65 Å². The highest BCUT2D eigenvalue weighted by Gasteiger charge is 2.21. The van der Waals surface area contributed by atoms with Crippen LogP contribution in [0, 0.1) is 11.6 Å². The van der Waals surface area contributed by atoms with Crippen molar-refractivity contribution in [2.24, 2.45) is 0 Å². The van der Waals surface area contributed by atoms with Crippen LogP contribution in [0.15, 0.2) is 64.3 Å². The molecule has 0 bridgehead atoms. The van der Waals surface area contributed by atoms with Gasteiger partial charge in [-0.3, -0.25) is 9.36 Å². The van der Waals surface area contributed by atoms with Gasteiger partial charge in [-0.1, -0.05) is 24.3 Å². The van der Waals surface area contributed by atoms with E-state index in [1.807, 2.05) is 6.07 Å². The Bertz CT molecular complexity index is 1380. The van der Waals surface area contributed by atoms with Crippen molar-refractivity contribution in [3.63, 3.8) is 0 Å². The van der Waals surface area contributed by atoms with Gasteiger partial charge >= 0.3 is 0 Å². The smallest absolute Gasteiger partial charge is 0.256 e. The Labute approximate surface area is 197 Å². The molecule has 8 nitrogen and oxygen atoms in total. The number of hydrogen-bond acceptors (Lipinski definition) is 8. The van der Waals surface area contributed by atoms with E-state index in [0.717, 1.165) is 28.7 Å². The number of aromatic nitrogens is 3. The molecule has 3 N–H and O–H groups in total. The third-order valence-electron chi connectivity index (χ3n) is 5.00. The van der Waals surface area contributed by atoms with Crippen molar-refractivity contribution in [3.8, 4) is 16.9 Å². The summed E-state index contributed by atoms with van der Waals surface area (Å²) < 4.78 is 35.5. The van der Waals surface area contributed by atoms with Crippen LogP contribution >= 0.6 is 12.0 Å². The molecule has 0 saturated heterocycles. The molecule has 0 spiro atoms. The maximum atomic E-state index is 14.7. The van der Waals surface area contributed by atoms with Crippen LogP contribution in [-0.2, 0) is 4.18 Å². The Morgan fingerprint density at radius 3 is 2.41 bits per heavy atom. The van der Waals surface area contributed by atoms with Gasteiger partial charge in [0.25, 0.3) is 5.56 Å². The van der Waals surface area contributed by atoms with Gasteiger partial charge in [0.05, 0.1) is 32.1 Å². The molecule has 0 unspecified atom stereocenters. The molecule has 0 aliphatic heterocycles. The lowest BCUT2D eigenvalue weighted by atomic mass is 10.1. The average Bonchev–Trinajstić information content (AvgIpc) is 2.83. The number of fused-ring (bicyclic) bond motifs is 1. The number of hydrogen-bond donors (Lipinski definition) is 3. The van der Waals surface area contributed by atoms with Gasteiger partial charge < -0.3 is 19.7 Å². The molecular weight excluding hydrogens is 466 g/mol. The highest BCUT2D eigenvalue weighted by atomic mass is 32.2. The van der Waals surface area contributed by atoms with Crippen molar-refractivity contribution in [1.29, 1.82) is 0 Å². The van der Waals surface area contributed by atoms with Crippen molar-refractivity contribution in [2.45, 2.75) is 10.9 Å². The van der Waals surface area contributed by atoms with Gasteiger partial charge in [-0.25, -0.2) is 13.8 Å². The molecule has 11 heteroatoms. The number of halogens is 2. The molecule has 0 saturated carbocycles. The lowest BCUT2D eigenvalue weighted by Gasteiger charge is -2.18. The van der Waals surface area contributed by atoms with Crippen LogP contribution in [0.3, 0.4) is 0 Å². The SMILES string of the molecule is COSc1ccccc1-c1nc(NC(CO)CO)nc2c1ccc(=O)n2-c1c(F)cccc1F. The summed E-state index contributed by atoms with van der Waals surface area (Å²) in [7, 11) is 1.51. The second-order valence-electron chi connectivity index (χ2n) is 7.16. The van der Waals surface area contributed by atoms with Crippen molar-refractivity contribution in [3.05, 3.63) is 76.6 Å². The molecule has 2 aromatic heterocycles. The van der Waals surface area contributed by atoms with Crippen molar-refractivity contribution in [2.75, 3.05) is 25.6 Å². The minimum atomic E-state index is -0.941. The third kappa shape index (κ3) is 4.50. The van der Waals surface area contributed by atoms with Gasteiger partial charge in [0.2, 0.25) is 5.95 Å². The van der Waals surface area contributed by atoms with E-state index < -0.39 is 42.1 Å². The summed E-state index contributed by atoms with van der Waals surface area (Å²) in [4.78, 5) is 22.4. The van der Waals surface area contributed by atoms with Crippen molar-refractivity contribution < 1.29 is 23.2 Å². The lowest BCUT2D eigenvalue weighted by Crippen LogP contribution is -2.29. The molecule has 4 rings (SSSR count). The minimum absolute atomic E-state index is 0.0519. The lowest BCUT2D eigenvalue weighted by molar-refractivity contribution is 0.203. The van der Waals surface area contributed by atoms with Gasteiger partial charge in [-0.15, -0.1) is 0 Å². The molecule has 4 aromatic rings. The van der Waals surface area contributed by atoms with Crippen molar-refractivity contribution in [1.82, 2.24) is 14.5 Å². The standard InChI is InChI=1S/C23H20F2N4O4S/c1-33-34-18-8-3-2-5-14(18)20-15-9-10-19(32)29(21-16(24)6-4-7-17(21)25)22(15)28-23(27-20)26-13(11-30)12-31/h2-10,13,30-31H,11-12H2,1H3,(H,26,27,28). The van der Waals surface area contributed by atoms with Crippen LogP contribution in [-0.4, -0.2) is 51.1 Å². The monoisotopic (exact) mass is 486 g/mol.